The lowest BCUT2D eigenvalue weighted by molar-refractivity contribution is 0.168. The highest BCUT2D eigenvalue weighted by molar-refractivity contribution is 14.0. The molecule has 0 amide bonds. The number of aliphatic imine (C=N–C) groups is 1. The van der Waals surface area contributed by atoms with Crippen molar-refractivity contribution in [2.45, 2.75) is 46.4 Å². The van der Waals surface area contributed by atoms with Gasteiger partial charge in [0.1, 0.15) is 0 Å². The van der Waals surface area contributed by atoms with Gasteiger partial charge >= 0.3 is 0 Å². The summed E-state index contributed by atoms with van der Waals surface area (Å²) in [6.07, 6.45) is 0.166. The molecular weight excluding hydrogens is 487 g/mol. The second-order valence-corrected chi connectivity index (χ2v) is 7.11. The number of nitrogens with one attached hydrogen (secondary N) is 2. The van der Waals surface area contributed by atoms with Crippen molar-refractivity contribution in [3.8, 4) is 0 Å². The first kappa shape index (κ1) is 26.4. The summed E-state index contributed by atoms with van der Waals surface area (Å²) >= 11 is 0. The molecule has 30 heavy (non-hydrogen) atoms. The summed E-state index contributed by atoms with van der Waals surface area (Å²) in [5, 5.41) is 16.9. The normalized spacial score (nSPS) is 12.4. The van der Waals surface area contributed by atoms with Crippen LogP contribution in [0, 0.1) is 0 Å². The first-order chi connectivity index (χ1) is 14.2. The van der Waals surface area contributed by atoms with Gasteiger partial charge in [-0.2, -0.15) is 0 Å². The summed E-state index contributed by atoms with van der Waals surface area (Å²) in [7, 11) is 0. The molecule has 6 heteroatoms. The maximum Gasteiger partial charge on any atom is 0.191 e. The molecule has 0 heterocycles. The van der Waals surface area contributed by atoms with Gasteiger partial charge in [0.05, 0.1) is 12.6 Å². The van der Waals surface area contributed by atoms with Crippen LogP contribution >= 0.6 is 24.0 Å². The van der Waals surface area contributed by atoms with Crippen LogP contribution in [0.15, 0.2) is 59.6 Å². The van der Waals surface area contributed by atoms with Crippen molar-refractivity contribution < 1.29 is 5.11 Å². The highest BCUT2D eigenvalue weighted by Crippen LogP contribution is 2.14. The maximum atomic E-state index is 10.3. The third-order valence-electron chi connectivity index (χ3n) is 4.98. The molecule has 0 aliphatic carbocycles. The predicted molar refractivity (Wildman–Crippen MR) is 137 cm³/mol. The average molecular weight is 524 g/mol. The molecule has 5 nitrogen and oxygen atoms in total. The monoisotopic (exact) mass is 524 g/mol. The van der Waals surface area contributed by atoms with Crippen molar-refractivity contribution >= 4 is 29.9 Å². The maximum absolute atomic E-state index is 10.3. The molecule has 0 aliphatic heterocycles. The number of guanidine groups is 1. The Morgan fingerprint density at radius 1 is 0.933 bits per heavy atom. The Bertz CT molecular complexity index is 718. The largest absolute Gasteiger partial charge is 0.388 e. The molecular formula is C24H37IN4O. The highest BCUT2D eigenvalue weighted by Gasteiger charge is 2.07. The minimum atomic E-state index is -0.468. The Hall–Kier alpha value is -1.64. The van der Waals surface area contributed by atoms with Crippen molar-refractivity contribution in [2.24, 2.45) is 4.99 Å². The Kier molecular flexibility index (Phi) is 13.4. The smallest absolute Gasteiger partial charge is 0.191 e. The fourth-order valence-electron chi connectivity index (χ4n) is 3.14. The lowest BCUT2D eigenvalue weighted by Gasteiger charge is -2.18. The minimum absolute atomic E-state index is 0. The SMILES string of the molecule is CCNC(=NCc1ccc(CN(CC)CC)cc1)NCCC(O)c1ccccc1.I. The van der Waals surface area contributed by atoms with Crippen LogP contribution in [0.3, 0.4) is 0 Å². The summed E-state index contributed by atoms with van der Waals surface area (Å²) in [6, 6.07) is 18.5. The first-order valence-corrected chi connectivity index (χ1v) is 10.7. The Balaban J connectivity index is 0.00000450. The van der Waals surface area contributed by atoms with E-state index in [-0.39, 0.29) is 24.0 Å². The molecule has 1 unspecified atom stereocenters. The standard InChI is InChI=1S/C24H36N4O.HI/c1-4-25-24(26-17-16-23(29)22-10-8-7-9-11-22)27-18-20-12-14-21(15-13-20)19-28(5-2)6-3;/h7-15,23,29H,4-6,16-19H2,1-3H3,(H2,25,26,27);1H. The zero-order valence-electron chi connectivity index (χ0n) is 18.5. The van der Waals surface area contributed by atoms with Crippen molar-refractivity contribution in [3.05, 3.63) is 71.3 Å². The Morgan fingerprint density at radius 2 is 1.57 bits per heavy atom. The van der Waals surface area contributed by atoms with Gasteiger partial charge in [0, 0.05) is 19.6 Å². The summed E-state index contributed by atoms with van der Waals surface area (Å²) in [5.74, 6) is 0.778. The van der Waals surface area contributed by atoms with Gasteiger partial charge in [-0.25, -0.2) is 4.99 Å². The van der Waals surface area contributed by atoms with Gasteiger partial charge in [0.15, 0.2) is 5.96 Å². The van der Waals surface area contributed by atoms with E-state index in [1.165, 1.54) is 11.1 Å². The predicted octanol–water partition coefficient (Wildman–Crippen LogP) is 4.33. The molecule has 2 aromatic carbocycles. The second-order valence-electron chi connectivity index (χ2n) is 7.11. The van der Waals surface area contributed by atoms with Gasteiger partial charge in [-0.1, -0.05) is 68.4 Å². The number of hydrogen-bond donors (Lipinski definition) is 3. The number of hydrogen-bond acceptors (Lipinski definition) is 3. The molecule has 0 saturated carbocycles. The number of aliphatic hydroxyl groups is 1. The third-order valence-corrected chi connectivity index (χ3v) is 4.98. The molecule has 0 aromatic heterocycles. The molecule has 2 rings (SSSR count). The number of nitrogens with zero attached hydrogens (tertiary/aromatic N) is 2. The van der Waals surface area contributed by atoms with Crippen LogP contribution in [-0.2, 0) is 13.1 Å². The molecule has 0 saturated heterocycles. The fraction of sp³-hybridized carbons (Fsp3) is 0.458. The van der Waals surface area contributed by atoms with Crippen LogP contribution in [0.5, 0.6) is 0 Å². The minimum Gasteiger partial charge on any atom is -0.388 e. The average Bonchev–Trinajstić information content (AvgIpc) is 2.77. The van der Waals surface area contributed by atoms with Gasteiger partial charge in [-0.05, 0) is 43.1 Å². The molecule has 3 N–H and O–H groups in total. The summed E-state index contributed by atoms with van der Waals surface area (Å²) in [6.45, 7) is 11.7. The lowest BCUT2D eigenvalue weighted by Crippen LogP contribution is -2.38. The van der Waals surface area contributed by atoms with Crippen LogP contribution in [-0.4, -0.2) is 42.1 Å². The molecule has 0 bridgehead atoms. The van der Waals surface area contributed by atoms with Crippen molar-refractivity contribution in [1.82, 2.24) is 15.5 Å². The zero-order chi connectivity index (χ0) is 20.9. The summed E-state index contributed by atoms with van der Waals surface area (Å²) < 4.78 is 0. The quantitative estimate of drug-likeness (QED) is 0.233. The van der Waals surface area contributed by atoms with Crippen molar-refractivity contribution in [3.63, 3.8) is 0 Å². The van der Waals surface area contributed by atoms with Gasteiger partial charge in [-0.3, -0.25) is 4.90 Å². The van der Waals surface area contributed by atoms with E-state index >= 15 is 0 Å². The van der Waals surface area contributed by atoms with Crippen LogP contribution < -0.4 is 10.6 Å². The van der Waals surface area contributed by atoms with Gasteiger partial charge < -0.3 is 15.7 Å². The van der Waals surface area contributed by atoms with Crippen LogP contribution in [0.2, 0.25) is 0 Å². The first-order valence-electron chi connectivity index (χ1n) is 10.7. The molecule has 0 aliphatic rings. The van der Waals surface area contributed by atoms with E-state index in [0.717, 1.165) is 37.7 Å². The van der Waals surface area contributed by atoms with Crippen LogP contribution in [0.4, 0.5) is 0 Å². The molecule has 0 fully saturated rings. The lowest BCUT2D eigenvalue weighted by atomic mass is 10.1. The fourth-order valence-corrected chi connectivity index (χ4v) is 3.14. The number of rotatable bonds is 11. The van der Waals surface area contributed by atoms with E-state index < -0.39 is 6.10 Å². The second kappa shape index (κ2) is 15.2. The van der Waals surface area contributed by atoms with Gasteiger partial charge in [0.2, 0.25) is 0 Å². The third kappa shape index (κ3) is 9.45. The molecule has 1 atom stereocenters. The van der Waals surface area contributed by atoms with Gasteiger partial charge in [0.25, 0.3) is 0 Å². The topological polar surface area (TPSA) is 59.9 Å². The van der Waals surface area contributed by atoms with E-state index in [0.29, 0.717) is 19.5 Å². The molecule has 166 valence electrons. The van der Waals surface area contributed by atoms with E-state index in [1.54, 1.807) is 0 Å². The highest BCUT2D eigenvalue weighted by atomic mass is 127. The summed E-state index contributed by atoms with van der Waals surface area (Å²) in [4.78, 5) is 7.09. The van der Waals surface area contributed by atoms with Crippen molar-refractivity contribution in [2.75, 3.05) is 26.2 Å². The molecule has 0 radical (unpaired) electrons. The van der Waals surface area contributed by atoms with E-state index in [4.69, 9.17) is 0 Å². The molecule has 2 aromatic rings. The number of benzene rings is 2. The Labute approximate surface area is 199 Å². The molecule has 0 spiro atoms. The van der Waals surface area contributed by atoms with Crippen LogP contribution in [0.1, 0.15) is 50.0 Å². The van der Waals surface area contributed by atoms with E-state index in [9.17, 15) is 5.11 Å². The number of halogens is 1. The van der Waals surface area contributed by atoms with E-state index in [2.05, 4.69) is 65.6 Å². The van der Waals surface area contributed by atoms with Gasteiger partial charge in [-0.15, -0.1) is 24.0 Å². The zero-order valence-corrected chi connectivity index (χ0v) is 20.8. The Morgan fingerprint density at radius 3 is 2.17 bits per heavy atom. The van der Waals surface area contributed by atoms with Crippen molar-refractivity contribution in [1.29, 1.82) is 0 Å². The van der Waals surface area contributed by atoms with E-state index in [1.807, 2.05) is 30.3 Å². The summed E-state index contributed by atoms with van der Waals surface area (Å²) in [5.41, 5.74) is 3.47. The number of aliphatic hydroxyl groups excluding tert-OH is 1. The van der Waals surface area contributed by atoms with Crippen LogP contribution in [0.25, 0.3) is 0 Å².